The van der Waals surface area contributed by atoms with E-state index in [4.69, 9.17) is 4.74 Å². The predicted molar refractivity (Wildman–Crippen MR) is 80.2 cm³/mol. The highest BCUT2D eigenvalue weighted by atomic mass is 16.6. The van der Waals surface area contributed by atoms with E-state index in [9.17, 15) is 14.4 Å². The molecule has 0 aromatic rings. The van der Waals surface area contributed by atoms with Crippen LogP contribution in [0.1, 0.15) is 40.0 Å². The Morgan fingerprint density at radius 1 is 1.27 bits per heavy atom. The molecule has 1 N–H and O–H groups in total. The third-order valence-corrected chi connectivity index (χ3v) is 3.33. The Morgan fingerprint density at radius 3 is 2.55 bits per heavy atom. The molecular weight excluding hydrogens is 288 g/mol. The van der Waals surface area contributed by atoms with Crippen LogP contribution >= 0.6 is 0 Å². The smallest absolute Gasteiger partial charge is 0.407 e. The van der Waals surface area contributed by atoms with Gasteiger partial charge in [0, 0.05) is 19.6 Å². The van der Waals surface area contributed by atoms with Gasteiger partial charge in [0.05, 0.1) is 7.11 Å². The lowest BCUT2D eigenvalue weighted by atomic mass is 9.98. The summed E-state index contributed by atoms with van der Waals surface area (Å²) in [6.45, 7) is 7.04. The zero-order valence-electron chi connectivity index (χ0n) is 13.8. The third-order valence-electron chi connectivity index (χ3n) is 3.33. The fraction of sp³-hybridized carbons (Fsp3) is 0.800. The van der Waals surface area contributed by atoms with E-state index in [0.717, 1.165) is 12.8 Å². The molecule has 7 nitrogen and oxygen atoms in total. The average molecular weight is 314 g/mol. The monoisotopic (exact) mass is 314 g/mol. The number of carbonyl (C=O) groups excluding carboxylic acids is 3. The normalized spacial score (nSPS) is 18.5. The van der Waals surface area contributed by atoms with Crippen LogP contribution in [0, 0.1) is 5.92 Å². The number of hydrogen-bond donors (Lipinski definition) is 1. The molecule has 1 rings (SSSR count). The summed E-state index contributed by atoms with van der Waals surface area (Å²) in [5.41, 5.74) is -0.529. The molecule has 1 unspecified atom stereocenters. The van der Waals surface area contributed by atoms with Crippen LogP contribution in [0.3, 0.4) is 0 Å². The molecule has 0 saturated carbocycles. The van der Waals surface area contributed by atoms with E-state index in [-0.39, 0.29) is 18.2 Å². The second-order valence-corrected chi connectivity index (χ2v) is 6.48. The van der Waals surface area contributed by atoms with Gasteiger partial charge in [0.1, 0.15) is 12.0 Å². The molecule has 1 heterocycles. The number of piperidine rings is 1. The first-order valence-corrected chi connectivity index (χ1v) is 7.52. The number of alkyl carbamates (subject to hydrolysis) is 1. The Labute approximate surface area is 131 Å². The highest BCUT2D eigenvalue weighted by Crippen LogP contribution is 2.17. The first-order chi connectivity index (χ1) is 10.2. The van der Waals surface area contributed by atoms with Gasteiger partial charge in [0.25, 0.3) is 0 Å². The Bertz CT molecular complexity index is 417. The summed E-state index contributed by atoms with van der Waals surface area (Å²) in [7, 11) is 1.26. The maximum absolute atomic E-state index is 12.0. The number of amides is 2. The molecule has 0 spiro atoms. The number of likely N-dealkylation sites (tertiary alicyclic amines) is 1. The molecule has 22 heavy (non-hydrogen) atoms. The number of nitrogens with one attached hydrogen (secondary N) is 1. The molecule has 126 valence electrons. The first kappa shape index (κ1) is 18.3. The Morgan fingerprint density at radius 2 is 1.95 bits per heavy atom. The van der Waals surface area contributed by atoms with Crippen molar-refractivity contribution in [2.24, 2.45) is 5.92 Å². The third kappa shape index (κ3) is 6.78. The maximum Gasteiger partial charge on any atom is 0.407 e. The van der Waals surface area contributed by atoms with Crippen molar-refractivity contribution in [2.45, 2.75) is 45.6 Å². The Kier molecular flexibility index (Phi) is 6.64. The van der Waals surface area contributed by atoms with Crippen molar-refractivity contribution in [2.75, 3.05) is 26.7 Å². The van der Waals surface area contributed by atoms with Crippen LogP contribution < -0.4 is 5.32 Å². The lowest BCUT2D eigenvalue weighted by molar-refractivity contribution is -0.147. The molecule has 1 aliphatic rings. The number of esters is 1. The zero-order chi connectivity index (χ0) is 16.8. The summed E-state index contributed by atoms with van der Waals surface area (Å²) in [4.78, 5) is 36.4. The highest BCUT2D eigenvalue weighted by Gasteiger charge is 2.26. The van der Waals surface area contributed by atoms with E-state index in [2.05, 4.69) is 10.1 Å². The van der Waals surface area contributed by atoms with Crippen LogP contribution in [0.25, 0.3) is 0 Å². The van der Waals surface area contributed by atoms with Gasteiger partial charge in [0.15, 0.2) is 0 Å². The van der Waals surface area contributed by atoms with Crippen molar-refractivity contribution in [1.29, 1.82) is 0 Å². The Balaban J connectivity index is 2.38. The van der Waals surface area contributed by atoms with Gasteiger partial charge in [-0.05, 0) is 39.5 Å². The molecule has 7 heteroatoms. The predicted octanol–water partition coefficient (Wildman–Crippen LogP) is 1.31. The molecule has 0 radical (unpaired) electrons. The van der Waals surface area contributed by atoms with Crippen LogP contribution in [-0.4, -0.2) is 55.2 Å². The van der Waals surface area contributed by atoms with E-state index in [1.54, 1.807) is 25.7 Å². The number of methoxy groups -OCH3 is 1. The molecule has 1 atom stereocenters. The number of ether oxygens (including phenoxy) is 2. The summed E-state index contributed by atoms with van der Waals surface area (Å²) < 4.78 is 9.68. The van der Waals surface area contributed by atoms with Crippen molar-refractivity contribution in [3.63, 3.8) is 0 Å². The van der Waals surface area contributed by atoms with E-state index >= 15 is 0 Å². The van der Waals surface area contributed by atoms with Gasteiger partial charge in [-0.2, -0.15) is 0 Å². The second kappa shape index (κ2) is 8.00. The molecule has 2 amide bonds. The molecular formula is C15H26N2O5. The van der Waals surface area contributed by atoms with Gasteiger partial charge in [-0.3, -0.25) is 9.59 Å². The lowest BCUT2D eigenvalue weighted by Gasteiger charge is -2.32. The van der Waals surface area contributed by atoms with Crippen LogP contribution in [0.15, 0.2) is 0 Å². The minimum atomic E-state index is -0.529. The minimum Gasteiger partial charge on any atom is -0.469 e. The van der Waals surface area contributed by atoms with Gasteiger partial charge in [-0.1, -0.05) is 0 Å². The van der Waals surface area contributed by atoms with Crippen LogP contribution in [0.2, 0.25) is 0 Å². The summed E-state index contributed by atoms with van der Waals surface area (Å²) in [5, 5.41) is 2.73. The summed E-state index contributed by atoms with van der Waals surface area (Å²) in [5.74, 6) is -0.587. The van der Waals surface area contributed by atoms with Gasteiger partial charge in [-0.25, -0.2) is 4.79 Å². The van der Waals surface area contributed by atoms with Crippen molar-refractivity contribution in [1.82, 2.24) is 10.2 Å². The fourth-order valence-corrected chi connectivity index (χ4v) is 2.31. The molecule has 0 aromatic heterocycles. The van der Waals surface area contributed by atoms with E-state index in [1.807, 2.05) is 0 Å². The Hall–Kier alpha value is -1.79. The molecule has 0 aliphatic carbocycles. The standard InChI is InChI=1S/C15H26N2O5/c1-15(2,3)22-14(20)16-9-11-6-5-7-17(10-11)12(18)8-13(19)21-4/h11H,5-10H2,1-4H3,(H,16,20). The van der Waals surface area contributed by atoms with E-state index < -0.39 is 17.7 Å². The largest absolute Gasteiger partial charge is 0.469 e. The fourth-order valence-electron chi connectivity index (χ4n) is 2.31. The zero-order valence-corrected chi connectivity index (χ0v) is 13.8. The van der Waals surface area contributed by atoms with Crippen molar-refractivity contribution >= 4 is 18.0 Å². The van der Waals surface area contributed by atoms with Crippen LogP contribution in [0.4, 0.5) is 4.79 Å². The number of nitrogens with zero attached hydrogens (tertiary/aromatic N) is 1. The number of rotatable bonds is 4. The average Bonchev–Trinajstić information content (AvgIpc) is 2.43. The molecule has 1 fully saturated rings. The van der Waals surface area contributed by atoms with Gasteiger partial charge >= 0.3 is 12.1 Å². The summed E-state index contributed by atoms with van der Waals surface area (Å²) in [6.07, 6.45) is 1.10. The molecule has 0 bridgehead atoms. The lowest BCUT2D eigenvalue weighted by Crippen LogP contribution is -2.44. The van der Waals surface area contributed by atoms with Gasteiger partial charge in [0.2, 0.25) is 5.91 Å². The highest BCUT2D eigenvalue weighted by molar-refractivity contribution is 5.94. The minimum absolute atomic E-state index is 0.169. The maximum atomic E-state index is 12.0. The summed E-state index contributed by atoms with van der Waals surface area (Å²) >= 11 is 0. The van der Waals surface area contributed by atoms with Crippen molar-refractivity contribution in [3.05, 3.63) is 0 Å². The van der Waals surface area contributed by atoms with Gasteiger partial charge in [-0.15, -0.1) is 0 Å². The first-order valence-electron chi connectivity index (χ1n) is 7.52. The van der Waals surface area contributed by atoms with Crippen LogP contribution in [0.5, 0.6) is 0 Å². The van der Waals surface area contributed by atoms with E-state index in [1.165, 1.54) is 7.11 Å². The van der Waals surface area contributed by atoms with Crippen molar-refractivity contribution < 1.29 is 23.9 Å². The van der Waals surface area contributed by atoms with Crippen LogP contribution in [-0.2, 0) is 19.1 Å². The number of hydrogen-bond acceptors (Lipinski definition) is 5. The number of carbonyl (C=O) groups is 3. The molecule has 1 saturated heterocycles. The van der Waals surface area contributed by atoms with E-state index in [0.29, 0.717) is 19.6 Å². The topological polar surface area (TPSA) is 84.9 Å². The molecule has 1 aliphatic heterocycles. The quantitative estimate of drug-likeness (QED) is 0.625. The second-order valence-electron chi connectivity index (χ2n) is 6.48. The van der Waals surface area contributed by atoms with Crippen molar-refractivity contribution in [3.8, 4) is 0 Å². The van der Waals surface area contributed by atoms with Gasteiger partial charge < -0.3 is 19.7 Å². The molecule has 0 aromatic carbocycles. The summed E-state index contributed by atoms with van der Waals surface area (Å²) in [6, 6.07) is 0. The SMILES string of the molecule is COC(=O)CC(=O)N1CCCC(CNC(=O)OC(C)(C)C)C1.